The Morgan fingerprint density at radius 2 is 2.09 bits per heavy atom. The van der Waals surface area contributed by atoms with E-state index < -0.39 is 16.0 Å². The number of methoxy groups -OCH3 is 1. The van der Waals surface area contributed by atoms with E-state index >= 15 is 0 Å². The standard InChI is InChI=1S/C15H24N2O5S/c1-4-5-11(2)17-13-7-6-12(15(18)19)10-14(13)23(20,21)16-8-9-22-3/h6-7,10-11,16-17H,4-5,8-9H2,1-3H3,(H,18,19)/t11-/m0/s1. The van der Waals surface area contributed by atoms with E-state index in [1.165, 1.54) is 25.3 Å². The van der Waals surface area contributed by atoms with Crippen molar-refractivity contribution in [2.75, 3.05) is 25.6 Å². The molecule has 1 rings (SSSR count). The Balaban J connectivity index is 3.17. The number of carbonyl (C=O) groups is 1. The Labute approximate surface area is 137 Å². The summed E-state index contributed by atoms with van der Waals surface area (Å²) in [5.41, 5.74) is 0.312. The van der Waals surface area contributed by atoms with E-state index in [0.717, 1.165) is 12.8 Å². The average molecular weight is 344 g/mol. The van der Waals surface area contributed by atoms with Gasteiger partial charge in [-0.3, -0.25) is 0 Å². The maximum atomic E-state index is 12.4. The van der Waals surface area contributed by atoms with Crippen LogP contribution in [0.15, 0.2) is 23.1 Å². The summed E-state index contributed by atoms with van der Waals surface area (Å²) in [6.45, 7) is 4.33. The van der Waals surface area contributed by atoms with Crippen LogP contribution in [-0.4, -0.2) is 45.8 Å². The summed E-state index contributed by atoms with van der Waals surface area (Å²) in [7, 11) is -2.36. The first kappa shape index (κ1) is 19.4. The van der Waals surface area contributed by atoms with Gasteiger partial charge in [0.15, 0.2) is 0 Å². The molecular weight excluding hydrogens is 320 g/mol. The van der Waals surface area contributed by atoms with Crippen LogP contribution in [-0.2, 0) is 14.8 Å². The summed E-state index contributed by atoms with van der Waals surface area (Å²) in [4.78, 5) is 11.0. The van der Waals surface area contributed by atoms with Gasteiger partial charge in [0.25, 0.3) is 0 Å². The fourth-order valence-corrected chi connectivity index (χ4v) is 3.33. The van der Waals surface area contributed by atoms with Gasteiger partial charge in [0.1, 0.15) is 4.90 Å². The smallest absolute Gasteiger partial charge is 0.335 e. The molecule has 8 heteroatoms. The zero-order valence-corrected chi connectivity index (χ0v) is 14.4. The molecule has 0 fully saturated rings. The lowest BCUT2D eigenvalue weighted by Crippen LogP contribution is -2.29. The molecule has 0 aliphatic rings. The third-order valence-corrected chi connectivity index (χ3v) is 4.74. The van der Waals surface area contributed by atoms with Gasteiger partial charge < -0.3 is 15.2 Å². The minimum Gasteiger partial charge on any atom is -0.478 e. The molecule has 0 aliphatic carbocycles. The summed E-state index contributed by atoms with van der Waals surface area (Å²) in [6.07, 6.45) is 1.83. The molecule has 0 radical (unpaired) electrons. The number of aromatic carboxylic acids is 1. The highest BCUT2D eigenvalue weighted by atomic mass is 32.2. The number of hydrogen-bond donors (Lipinski definition) is 3. The highest BCUT2D eigenvalue weighted by Gasteiger charge is 2.21. The van der Waals surface area contributed by atoms with E-state index in [1.807, 2.05) is 13.8 Å². The topological polar surface area (TPSA) is 105 Å². The summed E-state index contributed by atoms with van der Waals surface area (Å²) in [5.74, 6) is -1.17. The van der Waals surface area contributed by atoms with Crippen molar-refractivity contribution in [3.63, 3.8) is 0 Å². The SMILES string of the molecule is CCC[C@H](C)Nc1ccc(C(=O)O)cc1S(=O)(=O)NCCOC. The second-order valence-corrected chi connectivity index (χ2v) is 6.98. The first-order valence-electron chi connectivity index (χ1n) is 7.44. The number of rotatable bonds is 10. The van der Waals surface area contributed by atoms with Crippen LogP contribution >= 0.6 is 0 Å². The van der Waals surface area contributed by atoms with Gasteiger partial charge in [-0.2, -0.15) is 0 Å². The van der Waals surface area contributed by atoms with Gasteiger partial charge >= 0.3 is 5.97 Å². The number of anilines is 1. The van der Waals surface area contributed by atoms with Crippen molar-refractivity contribution >= 4 is 21.7 Å². The van der Waals surface area contributed by atoms with Gasteiger partial charge in [-0.05, 0) is 31.5 Å². The van der Waals surface area contributed by atoms with Crippen molar-refractivity contribution in [2.45, 2.75) is 37.6 Å². The lowest BCUT2D eigenvalue weighted by molar-refractivity contribution is 0.0696. The number of ether oxygens (including phenoxy) is 1. The monoisotopic (exact) mass is 344 g/mol. The minimum absolute atomic E-state index is 0.0727. The summed E-state index contributed by atoms with van der Waals surface area (Å²) in [5, 5.41) is 12.2. The summed E-state index contributed by atoms with van der Waals surface area (Å²) < 4.78 is 32.1. The Kier molecular flexibility index (Phi) is 7.47. The van der Waals surface area contributed by atoms with E-state index in [-0.39, 0.29) is 29.7 Å². The molecule has 0 unspecified atom stereocenters. The normalized spacial score (nSPS) is 12.8. The number of nitrogens with one attached hydrogen (secondary N) is 2. The molecule has 0 aromatic heterocycles. The molecule has 0 amide bonds. The van der Waals surface area contributed by atoms with Crippen LogP contribution in [0.3, 0.4) is 0 Å². The molecule has 7 nitrogen and oxygen atoms in total. The molecule has 23 heavy (non-hydrogen) atoms. The zero-order valence-electron chi connectivity index (χ0n) is 13.6. The zero-order chi connectivity index (χ0) is 17.5. The van der Waals surface area contributed by atoms with Crippen LogP contribution in [0.4, 0.5) is 5.69 Å². The molecule has 1 atom stereocenters. The van der Waals surface area contributed by atoms with Crippen LogP contribution in [0, 0.1) is 0 Å². The predicted octanol–water partition coefficient (Wildman–Crippen LogP) is 1.91. The van der Waals surface area contributed by atoms with E-state index in [0.29, 0.717) is 5.69 Å². The van der Waals surface area contributed by atoms with E-state index in [9.17, 15) is 13.2 Å². The first-order valence-corrected chi connectivity index (χ1v) is 8.92. The van der Waals surface area contributed by atoms with Crippen molar-refractivity contribution in [2.24, 2.45) is 0 Å². The maximum Gasteiger partial charge on any atom is 0.335 e. The Morgan fingerprint density at radius 3 is 2.65 bits per heavy atom. The first-order chi connectivity index (χ1) is 10.8. The number of carboxylic acids is 1. The van der Waals surface area contributed by atoms with E-state index in [2.05, 4.69) is 10.0 Å². The van der Waals surface area contributed by atoms with Crippen molar-refractivity contribution < 1.29 is 23.1 Å². The Hall–Kier alpha value is -1.64. The van der Waals surface area contributed by atoms with Crippen LogP contribution in [0.1, 0.15) is 37.0 Å². The fourth-order valence-electron chi connectivity index (χ4n) is 2.12. The second-order valence-electron chi connectivity index (χ2n) is 5.24. The van der Waals surface area contributed by atoms with Crippen molar-refractivity contribution in [1.29, 1.82) is 0 Å². The Morgan fingerprint density at radius 1 is 1.39 bits per heavy atom. The molecule has 0 saturated carbocycles. The highest BCUT2D eigenvalue weighted by molar-refractivity contribution is 7.89. The van der Waals surface area contributed by atoms with Gasteiger partial charge in [0.05, 0.1) is 17.9 Å². The number of carboxylic acid groups (broad SMARTS) is 1. The Bertz CT molecular complexity index is 631. The predicted molar refractivity (Wildman–Crippen MR) is 88.5 cm³/mol. The third kappa shape index (κ3) is 5.81. The second kappa shape index (κ2) is 8.85. The van der Waals surface area contributed by atoms with E-state index in [4.69, 9.17) is 9.84 Å². The molecule has 0 saturated heterocycles. The largest absolute Gasteiger partial charge is 0.478 e. The molecule has 0 heterocycles. The molecule has 0 spiro atoms. The fraction of sp³-hybridized carbons (Fsp3) is 0.533. The van der Waals surface area contributed by atoms with Crippen LogP contribution < -0.4 is 10.0 Å². The van der Waals surface area contributed by atoms with Crippen LogP contribution in [0.5, 0.6) is 0 Å². The summed E-state index contributed by atoms with van der Waals surface area (Å²) in [6, 6.07) is 4.11. The van der Waals surface area contributed by atoms with Crippen LogP contribution in [0.2, 0.25) is 0 Å². The molecule has 1 aromatic carbocycles. The average Bonchev–Trinajstić information content (AvgIpc) is 2.47. The van der Waals surface area contributed by atoms with Gasteiger partial charge in [0.2, 0.25) is 10.0 Å². The number of sulfonamides is 1. The molecule has 130 valence electrons. The highest BCUT2D eigenvalue weighted by Crippen LogP contribution is 2.24. The molecule has 0 aliphatic heterocycles. The number of benzene rings is 1. The molecule has 0 bridgehead atoms. The quantitative estimate of drug-likeness (QED) is 0.560. The lowest BCUT2D eigenvalue weighted by atomic mass is 10.1. The van der Waals surface area contributed by atoms with Crippen molar-refractivity contribution in [3.05, 3.63) is 23.8 Å². The third-order valence-electron chi connectivity index (χ3n) is 3.24. The van der Waals surface area contributed by atoms with Crippen molar-refractivity contribution in [3.8, 4) is 0 Å². The number of hydrogen-bond acceptors (Lipinski definition) is 5. The minimum atomic E-state index is -3.84. The van der Waals surface area contributed by atoms with Gasteiger partial charge in [0, 0.05) is 19.7 Å². The van der Waals surface area contributed by atoms with Gasteiger partial charge in [-0.25, -0.2) is 17.9 Å². The van der Waals surface area contributed by atoms with Crippen LogP contribution in [0.25, 0.3) is 0 Å². The van der Waals surface area contributed by atoms with E-state index in [1.54, 1.807) is 0 Å². The van der Waals surface area contributed by atoms with Gasteiger partial charge in [-0.15, -0.1) is 0 Å². The summed E-state index contributed by atoms with van der Waals surface area (Å²) >= 11 is 0. The maximum absolute atomic E-state index is 12.4. The van der Waals surface area contributed by atoms with Crippen molar-refractivity contribution in [1.82, 2.24) is 4.72 Å². The molecular formula is C15H24N2O5S. The lowest BCUT2D eigenvalue weighted by Gasteiger charge is -2.18. The van der Waals surface area contributed by atoms with Gasteiger partial charge in [-0.1, -0.05) is 13.3 Å². The molecule has 3 N–H and O–H groups in total. The molecule has 1 aromatic rings.